The van der Waals surface area contributed by atoms with Gasteiger partial charge in [0, 0.05) is 24.6 Å². The van der Waals surface area contributed by atoms with Gasteiger partial charge in [0.25, 0.3) is 0 Å². The van der Waals surface area contributed by atoms with Gasteiger partial charge < -0.3 is 15.4 Å². The minimum absolute atomic E-state index is 0.265. The zero-order chi connectivity index (χ0) is 13.8. The Labute approximate surface area is 107 Å². The van der Waals surface area contributed by atoms with Crippen molar-refractivity contribution in [2.75, 3.05) is 20.7 Å². The summed E-state index contributed by atoms with van der Waals surface area (Å²) in [6.45, 7) is 4.22. The molecule has 0 spiro atoms. The summed E-state index contributed by atoms with van der Waals surface area (Å²) in [6.07, 6.45) is 0. The number of hydrogen-bond acceptors (Lipinski definition) is 2. The molecule has 0 aliphatic heterocycles. The molecule has 100 valence electrons. The molecule has 1 aromatic carbocycles. The molecule has 1 aromatic rings. The molecular formula is C13H19FN2O2. The third kappa shape index (κ3) is 3.35. The van der Waals surface area contributed by atoms with Gasteiger partial charge in [0.2, 0.25) is 0 Å². The lowest BCUT2D eigenvalue weighted by Gasteiger charge is -2.27. The number of carbonyl (C=O) groups is 1. The highest BCUT2D eigenvalue weighted by Gasteiger charge is 2.25. The summed E-state index contributed by atoms with van der Waals surface area (Å²) < 4.78 is 18.5. The molecule has 0 heterocycles. The predicted molar refractivity (Wildman–Crippen MR) is 68.4 cm³/mol. The molecule has 0 atom stereocenters. The van der Waals surface area contributed by atoms with E-state index in [1.54, 1.807) is 20.2 Å². The number of amides is 2. The van der Waals surface area contributed by atoms with Crippen molar-refractivity contribution in [1.29, 1.82) is 0 Å². The number of ether oxygens (including phenoxy) is 1. The normalized spacial score (nSPS) is 10.9. The molecule has 1 rings (SSSR count). The summed E-state index contributed by atoms with van der Waals surface area (Å²) in [4.78, 5) is 11.2. The smallest absolute Gasteiger partial charge is 0.314 e. The maximum absolute atomic E-state index is 13.3. The molecular weight excluding hydrogens is 235 g/mol. The number of carbonyl (C=O) groups excluding carboxylic acids is 1. The van der Waals surface area contributed by atoms with Crippen molar-refractivity contribution < 1.29 is 13.9 Å². The zero-order valence-corrected chi connectivity index (χ0v) is 11.1. The van der Waals surface area contributed by atoms with Crippen LogP contribution < -0.4 is 15.4 Å². The fraction of sp³-hybridized carbons (Fsp3) is 0.462. The van der Waals surface area contributed by atoms with Crippen LogP contribution in [0.25, 0.3) is 0 Å². The molecule has 2 amide bonds. The van der Waals surface area contributed by atoms with Crippen LogP contribution >= 0.6 is 0 Å². The van der Waals surface area contributed by atoms with Crippen molar-refractivity contribution in [3.8, 4) is 5.75 Å². The second-order valence-corrected chi connectivity index (χ2v) is 4.66. The van der Waals surface area contributed by atoms with Crippen LogP contribution in [0.5, 0.6) is 5.75 Å². The number of urea groups is 1. The lowest BCUT2D eigenvalue weighted by atomic mass is 9.84. The fourth-order valence-electron chi connectivity index (χ4n) is 1.69. The minimum Gasteiger partial charge on any atom is -0.496 e. The Bertz CT molecular complexity index is 433. The quantitative estimate of drug-likeness (QED) is 0.864. The van der Waals surface area contributed by atoms with E-state index in [0.717, 1.165) is 5.56 Å². The molecule has 18 heavy (non-hydrogen) atoms. The van der Waals surface area contributed by atoms with E-state index in [-0.39, 0.29) is 11.8 Å². The summed E-state index contributed by atoms with van der Waals surface area (Å²) in [5.74, 6) is 0.291. The van der Waals surface area contributed by atoms with E-state index in [1.807, 2.05) is 13.8 Å². The maximum Gasteiger partial charge on any atom is 0.314 e. The number of benzene rings is 1. The Morgan fingerprint density at radius 3 is 2.67 bits per heavy atom. The number of nitrogens with one attached hydrogen (secondary N) is 2. The highest BCUT2D eigenvalue weighted by atomic mass is 19.1. The molecule has 0 aliphatic carbocycles. The van der Waals surface area contributed by atoms with Crippen molar-refractivity contribution >= 4 is 6.03 Å². The van der Waals surface area contributed by atoms with E-state index in [2.05, 4.69) is 10.6 Å². The molecule has 0 fully saturated rings. The van der Waals surface area contributed by atoms with E-state index >= 15 is 0 Å². The Kier molecular flexibility index (Phi) is 4.53. The van der Waals surface area contributed by atoms with Crippen LogP contribution in [0, 0.1) is 5.82 Å². The van der Waals surface area contributed by atoms with E-state index < -0.39 is 5.41 Å². The van der Waals surface area contributed by atoms with Crippen LogP contribution in [0.1, 0.15) is 19.4 Å². The standard InChI is InChI=1S/C13H19FN2O2/c1-13(2,8-16-12(17)15-3)10-7-9(14)5-6-11(10)18-4/h5-7H,8H2,1-4H3,(H2,15,16,17). The van der Waals surface area contributed by atoms with Crippen LogP contribution in [-0.2, 0) is 5.41 Å². The number of hydrogen-bond donors (Lipinski definition) is 2. The molecule has 0 saturated heterocycles. The second-order valence-electron chi connectivity index (χ2n) is 4.66. The van der Waals surface area contributed by atoms with Crippen LogP contribution in [0.4, 0.5) is 9.18 Å². The molecule has 0 aromatic heterocycles. The maximum atomic E-state index is 13.3. The fourth-order valence-corrected chi connectivity index (χ4v) is 1.69. The van der Waals surface area contributed by atoms with Crippen molar-refractivity contribution in [2.45, 2.75) is 19.3 Å². The highest BCUT2D eigenvalue weighted by Crippen LogP contribution is 2.31. The summed E-state index contributed by atoms with van der Waals surface area (Å²) >= 11 is 0. The number of rotatable bonds is 4. The SMILES string of the molecule is CNC(=O)NCC(C)(C)c1cc(F)ccc1OC. The third-order valence-corrected chi connectivity index (χ3v) is 2.81. The largest absolute Gasteiger partial charge is 0.496 e. The van der Waals surface area contributed by atoms with Crippen molar-refractivity contribution in [3.05, 3.63) is 29.6 Å². The molecule has 0 bridgehead atoms. The Hall–Kier alpha value is -1.78. The van der Waals surface area contributed by atoms with Gasteiger partial charge in [-0.25, -0.2) is 9.18 Å². The molecule has 0 aliphatic rings. The van der Waals surface area contributed by atoms with Gasteiger partial charge in [-0.05, 0) is 18.2 Å². The molecule has 2 N–H and O–H groups in total. The summed E-state index contributed by atoms with van der Waals surface area (Å²) in [5, 5.41) is 5.19. The van der Waals surface area contributed by atoms with E-state index in [0.29, 0.717) is 12.3 Å². The Balaban J connectivity index is 2.95. The molecule has 0 radical (unpaired) electrons. The average Bonchev–Trinajstić information content (AvgIpc) is 2.36. The lowest BCUT2D eigenvalue weighted by Crippen LogP contribution is -2.41. The van der Waals surface area contributed by atoms with E-state index in [9.17, 15) is 9.18 Å². The van der Waals surface area contributed by atoms with Crippen LogP contribution in [0.2, 0.25) is 0 Å². The van der Waals surface area contributed by atoms with Crippen LogP contribution in [0.15, 0.2) is 18.2 Å². The summed E-state index contributed by atoms with van der Waals surface area (Å²) in [5.41, 5.74) is 0.293. The summed E-state index contributed by atoms with van der Waals surface area (Å²) in [6, 6.07) is 4.11. The number of halogens is 1. The summed E-state index contributed by atoms with van der Waals surface area (Å²) in [7, 11) is 3.09. The van der Waals surface area contributed by atoms with Gasteiger partial charge in [0.1, 0.15) is 11.6 Å². The second kappa shape index (κ2) is 5.71. The van der Waals surface area contributed by atoms with E-state index in [4.69, 9.17) is 4.74 Å². The van der Waals surface area contributed by atoms with Gasteiger partial charge >= 0.3 is 6.03 Å². The van der Waals surface area contributed by atoms with Crippen LogP contribution in [-0.4, -0.2) is 26.7 Å². The van der Waals surface area contributed by atoms with Gasteiger partial charge in [-0.3, -0.25) is 0 Å². The van der Waals surface area contributed by atoms with Gasteiger partial charge in [-0.1, -0.05) is 13.8 Å². The van der Waals surface area contributed by atoms with Crippen LogP contribution in [0.3, 0.4) is 0 Å². The molecule has 4 nitrogen and oxygen atoms in total. The van der Waals surface area contributed by atoms with Gasteiger partial charge in [-0.2, -0.15) is 0 Å². The van der Waals surface area contributed by atoms with Crippen molar-refractivity contribution in [3.63, 3.8) is 0 Å². The van der Waals surface area contributed by atoms with Gasteiger partial charge in [0.15, 0.2) is 0 Å². The first-order valence-electron chi connectivity index (χ1n) is 5.70. The van der Waals surface area contributed by atoms with Gasteiger partial charge in [-0.15, -0.1) is 0 Å². The molecule has 0 unspecified atom stereocenters. The predicted octanol–water partition coefficient (Wildman–Crippen LogP) is 2.04. The lowest BCUT2D eigenvalue weighted by molar-refractivity contribution is 0.240. The number of methoxy groups -OCH3 is 1. The molecule has 5 heteroatoms. The van der Waals surface area contributed by atoms with Crippen molar-refractivity contribution in [1.82, 2.24) is 10.6 Å². The topological polar surface area (TPSA) is 50.4 Å². The Morgan fingerprint density at radius 1 is 1.44 bits per heavy atom. The monoisotopic (exact) mass is 254 g/mol. The zero-order valence-electron chi connectivity index (χ0n) is 11.1. The minimum atomic E-state index is -0.431. The van der Waals surface area contributed by atoms with Gasteiger partial charge in [0.05, 0.1) is 7.11 Å². The average molecular weight is 254 g/mol. The first kappa shape index (κ1) is 14.3. The van der Waals surface area contributed by atoms with Crippen molar-refractivity contribution in [2.24, 2.45) is 0 Å². The first-order chi connectivity index (χ1) is 8.40. The third-order valence-electron chi connectivity index (χ3n) is 2.81. The first-order valence-corrected chi connectivity index (χ1v) is 5.70. The van der Waals surface area contributed by atoms with E-state index in [1.165, 1.54) is 12.1 Å². The Morgan fingerprint density at radius 2 is 2.11 bits per heavy atom. The highest BCUT2D eigenvalue weighted by molar-refractivity contribution is 5.73. The molecule has 0 saturated carbocycles.